The summed E-state index contributed by atoms with van der Waals surface area (Å²) in [5.74, 6) is -2.28. The molecule has 1 aliphatic carbocycles. The molecule has 0 aromatic heterocycles. The molecule has 0 unspecified atom stereocenters. The molecule has 3 aromatic rings. The number of nitrogens with zero attached hydrogens (tertiary/aromatic N) is 2. The number of para-hydroxylation sites is 1. The number of amides is 5. The highest BCUT2D eigenvalue weighted by Crippen LogP contribution is 2.24. The lowest BCUT2D eigenvalue weighted by atomic mass is 9.90. The summed E-state index contributed by atoms with van der Waals surface area (Å²) in [5, 5.41) is 11.1. The van der Waals surface area contributed by atoms with Gasteiger partial charge >= 0.3 is 12.0 Å². The fourth-order valence-corrected chi connectivity index (χ4v) is 7.63. The van der Waals surface area contributed by atoms with Gasteiger partial charge in [-0.3, -0.25) is 24.0 Å². The summed E-state index contributed by atoms with van der Waals surface area (Å²) in [5.41, 5.74) is 3.67. The number of benzene rings is 3. The summed E-state index contributed by atoms with van der Waals surface area (Å²) in [6.45, 7) is 14.3. The number of Topliss-reactive ketones (excluding diaryl/α,β-unsaturated/α-hetero) is 1. The van der Waals surface area contributed by atoms with E-state index >= 15 is 0 Å². The van der Waals surface area contributed by atoms with Crippen LogP contribution in [0.15, 0.2) is 78.9 Å². The van der Waals surface area contributed by atoms with Crippen LogP contribution in [0.25, 0.3) is 0 Å². The Hall–Kier alpha value is -5.56. The van der Waals surface area contributed by atoms with Crippen LogP contribution in [0.4, 0.5) is 16.2 Å². The molecule has 350 valence electrons. The third-order valence-electron chi connectivity index (χ3n) is 11.3. The number of likely N-dealkylation sites (N-methyl/N-ethyl adjacent to an activating group) is 1. The fourth-order valence-electron chi connectivity index (χ4n) is 7.63. The summed E-state index contributed by atoms with van der Waals surface area (Å²) in [6.07, 6.45) is 7.88. The first-order valence-electron chi connectivity index (χ1n) is 23.1. The summed E-state index contributed by atoms with van der Waals surface area (Å²) in [6, 6.07) is 19.9. The molecule has 5 amide bonds. The smallest absolute Gasteiger partial charge is 0.323 e. The number of rotatable bonds is 22. The van der Waals surface area contributed by atoms with Gasteiger partial charge in [-0.1, -0.05) is 108 Å². The number of urea groups is 1. The maximum Gasteiger partial charge on any atom is 0.323 e. The van der Waals surface area contributed by atoms with Crippen molar-refractivity contribution in [1.29, 1.82) is 0 Å². The molecule has 13 heteroatoms. The number of hydrogen-bond acceptors (Lipinski definition) is 8. The molecule has 0 radical (unpaired) electrons. The van der Waals surface area contributed by atoms with E-state index in [4.69, 9.17) is 4.74 Å². The van der Waals surface area contributed by atoms with E-state index in [1.54, 1.807) is 31.3 Å². The van der Waals surface area contributed by atoms with Gasteiger partial charge in [0.15, 0.2) is 5.78 Å². The Kier molecular flexibility index (Phi) is 23.3. The first kappa shape index (κ1) is 52.8. The predicted octanol–water partition coefficient (Wildman–Crippen LogP) is 8.11. The number of ketones is 1. The third kappa shape index (κ3) is 19.5. The molecule has 0 saturated heterocycles. The maximum atomic E-state index is 14.0. The summed E-state index contributed by atoms with van der Waals surface area (Å²) >= 11 is 0. The summed E-state index contributed by atoms with van der Waals surface area (Å²) in [7, 11) is 3.72. The second kappa shape index (κ2) is 28.3. The SMILES string of the molecule is CC(=O)[C@H](Cc1ccccc1)NC(=O)[C@H](CC(=O)OCC1CCCCC1)NC(=O)[C@H](CC(C)C)N(C)C(=O)Cc1ccc(NC(=O)Nc2ccccc2C)cc1.CCCN(C)CCC. The lowest BCUT2D eigenvalue weighted by molar-refractivity contribution is -0.148. The standard InChI is InChI=1S/C44H57N5O7.C7H17N/c1-29(2)24-39(49(5)40(51)26-33-20-22-35(23-21-33)45-44(55)48-36-19-13-12-14-30(36)3)43(54)47-38(27-41(52)56-28-34-17-10-7-11-18-34)42(53)46-37(31(4)50)25-32-15-8-6-9-16-32;1-4-6-8(3)7-5-2/h6,8-9,12-16,19-23,29,34,37-39H,7,10-11,17-18,24-28H2,1-5H3,(H,46,53)(H,47,54)(H2,45,48,55);4-7H2,1-3H3/t37-,38-,39-;/m0./s1. The highest BCUT2D eigenvalue weighted by Gasteiger charge is 2.34. The first-order chi connectivity index (χ1) is 30.6. The molecule has 1 saturated carbocycles. The molecule has 0 bridgehead atoms. The molecular formula is C51H74N6O7. The van der Waals surface area contributed by atoms with E-state index in [-0.39, 0.29) is 49.4 Å². The van der Waals surface area contributed by atoms with Crippen molar-refractivity contribution in [2.75, 3.05) is 44.4 Å². The van der Waals surface area contributed by atoms with Gasteiger partial charge in [-0.25, -0.2) is 4.79 Å². The highest BCUT2D eigenvalue weighted by atomic mass is 16.5. The second-order valence-electron chi connectivity index (χ2n) is 17.5. The highest BCUT2D eigenvalue weighted by molar-refractivity contribution is 6.00. The van der Waals surface area contributed by atoms with Crippen LogP contribution < -0.4 is 21.3 Å². The van der Waals surface area contributed by atoms with E-state index in [1.165, 1.54) is 37.8 Å². The van der Waals surface area contributed by atoms with E-state index in [2.05, 4.69) is 47.1 Å². The van der Waals surface area contributed by atoms with E-state index in [0.717, 1.165) is 43.2 Å². The van der Waals surface area contributed by atoms with Gasteiger partial charge in [0.1, 0.15) is 12.1 Å². The van der Waals surface area contributed by atoms with Crippen molar-refractivity contribution in [3.8, 4) is 0 Å². The van der Waals surface area contributed by atoms with Crippen LogP contribution in [-0.4, -0.2) is 97.2 Å². The van der Waals surface area contributed by atoms with Gasteiger partial charge in [-0.05, 0) is 119 Å². The van der Waals surface area contributed by atoms with Crippen LogP contribution in [0.3, 0.4) is 0 Å². The molecule has 3 atom stereocenters. The number of aryl methyl sites for hydroxylation is 1. The third-order valence-corrected chi connectivity index (χ3v) is 11.3. The van der Waals surface area contributed by atoms with Crippen LogP contribution in [-0.2, 0) is 41.6 Å². The van der Waals surface area contributed by atoms with Crippen LogP contribution in [0.1, 0.15) is 109 Å². The Morgan fingerprint density at radius 2 is 1.34 bits per heavy atom. The monoisotopic (exact) mass is 883 g/mol. The van der Waals surface area contributed by atoms with Crippen molar-refractivity contribution in [3.63, 3.8) is 0 Å². The van der Waals surface area contributed by atoms with E-state index < -0.39 is 48.4 Å². The average molecular weight is 883 g/mol. The zero-order valence-corrected chi connectivity index (χ0v) is 39.5. The van der Waals surface area contributed by atoms with Crippen LogP contribution in [0.5, 0.6) is 0 Å². The van der Waals surface area contributed by atoms with Crippen molar-refractivity contribution in [3.05, 3.63) is 95.6 Å². The minimum Gasteiger partial charge on any atom is -0.465 e. The van der Waals surface area contributed by atoms with Crippen molar-refractivity contribution in [2.24, 2.45) is 11.8 Å². The number of carbonyl (C=O) groups is 6. The van der Waals surface area contributed by atoms with Gasteiger partial charge in [0.05, 0.1) is 25.5 Å². The number of anilines is 2. The molecule has 13 nitrogen and oxygen atoms in total. The molecule has 4 N–H and O–H groups in total. The Balaban J connectivity index is 0.00000124. The number of ether oxygens (including phenoxy) is 1. The van der Waals surface area contributed by atoms with Crippen molar-refractivity contribution in [1.82, 2.24) is 20.4 Å². The quantitative estimate of drug-likeness (QED) is 0.0735. The first-order valence-corrected chi connectivity index (χ1v) is 23.1. The van der Waals surface area contributed by atoms with Crippen molar-refractivity contribution < 1.29 is 33.5 Å². The van der Waals surface area contributed by atoms with Crippen molar-refractivity contribution in [2.45, 2.75) is 130 Å². The zero-order chi connectivity index (χ0) is 47.0. The zero-order valence-electron chi connectivity index (χ0n) is 39.5. The minimum atomic E-state index is -1.35. The lowest BCUT2D eigenvalue weighted by Gasteiger charge is -2.30. The fraction of sp³-hybridized carbons (Fsp3) is 0.529. The molecule has 1 fully saturated rings. The molecule has 3 aromatic carbocycles. The minimum absolute atomic E-state index is 0.00196. The Labute approximate surface area is 381 Å². The van der Waals surface area contributed by atoms with Gasteiger partial charge in [-0.2, -0.15) is 0 Å². The molecule has 0 heterocycles. The number of hydrogen-bond donors (Lipinski definition) is 4. The molecule has 1 aliphatic rings. The van der Waals surface area contributed by atoms with E-state index in [0.29, 0.717) is 16.9 Å². The van der Waals surface area contributed by atoms with Gasteiger partial charge < -0.3 is 35.8 Å². The molecule has 0 spiro atoms. The molecule has 64 heavy (non-hydrogen) atoms. The maximum absolute atomic E-state index is 14.0. The largest absolute Gasteiger partial charge is 0.465 e. The van der Waals surface area contributed by atoms with Gasteiger partial charge in [0, 0.05) is 18.4 Å². The van der Waals surface area contributed by atoms with E-state index in [1.807, 2.05) is 75.4 Å². The topological polar surface area (TPSA) is 166 Å². The van der Waals surface area contributed by atoms with Crippen LogP contribution in [0.2, 0.25) is 0 Å². The molecular weight excluding hydrogens is 809 g/mol. The van der Waals surface area contributed by atoms with Gasteiger partial charge in [-0.15, -0.1) is 0 Å². The Morgan fingerprint density at radius 3 is 1.94 bits per heavy atom. The average Bonchev–Trinajstić information content (AvgIpc) is 3.26. The Bertz CT molecular complexity index is 1910. The lowest BCUT2D eigenvalue weighted by Crippen LogP contribution is -2.57. The molecule has 0 aliphatic heterocycles. The summed E-state index contributed by atoms with van der Waals surface area (Å²) in [4.78, 5) is 83.6. The van der Waals surface area contributed by atoms with Crippen LogP contribution in [0, 0.1) is 18.8 Å². The number of nitrogens with one attached hydrogen (secondary N) is 4. The second-order valence-corrected chi connectivity index (χ2v) is 17.5. The Morgan fingerprint density at radius 1 is 0.734 bits per heavy atom. The normalized spacial score (nSPS) is 14.0. The molecule has 4 rings (SSSR count). The summed E-state index contributed by atoms with van der Waals surface area (Å²) < 4.78 is 5.60. The van der Waals surface area contributed by atoms with Crippen molar-refractivity contribution >= 4 is 46.9 Å². The van der Waals surface area contributed by atoms with Crippen LogP contribution >= 0.6 is 0 Å². The number of carbonyl (C=O) groups excluding carboxylic acids is 6. The van der Waals surface area contributed by atoms with Gasteiger partial charge in [0.2, 0.25) is 17.7 Å². The predicted molar refractivity (Wildman–Crippen MR) is 255 cm³/mol. The van der Waals surface area contributed by atoms with E-state index in [9.17, 15) is 28.8 Å². The number of esters is 1. The van der Waals surface area contributed by atoms with Gasteiger partial charge in [0.25, 0.3) is 0 Å².